The number of hydrogen-bond donors (Lipinski definition) is 2. The number of carbonyl (C=O) groups is 1. The maximum absolute atomic E-state index is 11.4. The van der Waals surface area contributed by atoms with Crippen LogP contribution in [-0.2, 0) is 0 Å². The fourth-order valence-electron chi connectivity index (χ4n) is 1.22. The number of hydrogen-bond acceptors (Lipinski definition) is 2. The van der Waals surface area contributed by atoms with Crippen LogP contribution in [0, 0.1) is 0 Å². The molecule has 16 heavy (non-hydrogen) atoms. The van der Waals surface area contributed by atoms with E-state index in [1.165, 1.54) is 0 Å². The highest BCUT2D eigenvalue weighted by Crippen LogP contribution is 2.10. The quantitative estimate of drug-likeness (QED) is 0.595. The van der Waals surface area contributed by atoms with Gasteiger partial charge in [0.1, 0.15) is 0 Å². The van der Waals surface area contributed by atoms with Crippen molar-refractivity contribution in [3.8, 4) is 0 Å². The minimum absolute atomic E-state index is 0.0337. The van der Waals surface area contributed by atoms with Crippen molar-refractivity contribution in [2.75, 3.05) is 0 Å². The van der Waals surface area contributed by atoms with Crippen molar-refractivity contribution in [1.29, 1.82) is 0 Å². The summed E-state index contributed by atoms with van der Waals surface area (Å²) >= 11 is 0. The van der Waals surface area contributed by atoms with Gasteiger partial charge < -0.3 is 5.32 Å². The summed E-state index contributed by atoms with van der Waals surface area (Å²) in [7, 11) is 0. The summed E-state index contributed by atoms with van der Waals surface area (Å²) in [6, 6.07) is 9.45. The zero-order chi connectivity index (χ0) is 12.0. The molecule has 0 aliphatic rings. The average Bonchev–Trinajstić information content (AvgIpc) is 2.27. The van der Waals surface area contributed by atoms with Gasteiger partial charge in [0.05, 0.1) is 6.04 Å². The van der Waals surface area contributed by atoms with Crippen molar-refractivity contribution in [1.82, 2.24) is 10.7 Å². The highest BCUT2D eigenvalue weighted by atomic mass is 16.2. The summed E-state index contributed by atoms with van der Waals surface area (Å²) in [6.45, 7) is 5.57. The molecule has 0 saturated carbocycles. The predicted octanol–water partition coefficient (Wildman–Crippen LogP) is 2.44. The van der Waals surface area contributed by atoms with E-state index in [1.54, 1.807) is 0 Å². The first-order valence-electron chi connectivity index (χ1n) is 5.22. The number of urea groups is 1. The number of nitrogens with one attached hydrogen (secondary N) is 2. The minimum Gasteiger partial charge on any atom is -0.330 e. The van der Waals surface area contributed by atoms with Crippen LogP contribution < -0.4 is 10.7 Å². The van der Waals surface area contributed by atoms with Crippen LogP contribution in [0.15, 0.2) is 35.4 Å². The van der Waals surface area contributed by atoms with Crippen molar-refractivity contribution in [3.05, 3.63) is 35.9 Å². The average molecular weight is 219 g/mol. The van der Waals surface area contributed by atoms with Gasteiger partial charge in [0, 0.05) is 5.71 Å². The normalized spacial score (nSPS) is 11.4. The van der Waals surface area contributed by atoms with Gasteiger partial charge in [-0.15, -0.1) is 0 Å². The molecular weight excluding hydrogens is 202 g/mol. The molecule has 2 N–H and O–H groups in total. The molecule has 0 aliphatic heterocycles. The maximum atomic E-state index is 11.4. The van der Waals surface area contributed by atoms with E-state index in [0.717, 1.165) is 11.3 Å². The molecule has 0 saturated heterocycles. The Morgan fingerprint density at radius 2 is 1.88 bits per heavy atom. The lowest BCUT2D eigenvalue weighted by Crippen LogP contribution is -2.34. The number of benzene rings is 1. The number of rotatable bonds is 3. The number of carbonyl (C=O) groups excluding carboxylic acids is 1. The summed E-state index contributed by atoms with van der Waals surface area (Å²) in [5.74, 6) is 0. The molecule has 0 radical (unpaired) electrons. The zero-order valence-corrected chi connectivity index (χ0v) is 9.82. The Hall–Kier alpha value is -1.84. The first-order chi connectivity index (χ1) is 7.59. The molecule has 1 rings (SSSR count). The molecule has 86 valence electrons. The summed E-state index contributed by atoms with van der Waals surface area (Å²) in [5, 5.41) is 6.62. The lowest BCUT2D eigenvalue weighted by atomic mass is 10.1. The van der Waals surface area contributed by atoms with Crippen LogP contribution in [0.1, 0.15) is 32.4 Å². The molecule has 1 atom stereocenters. The van der Waals surface area contributed by atoms with E-state index < -0.39 is 0 Å². The third-order valence-electron chi connectivity index (χ3n) is 2.03. The molecule has 4 heteroatoms. The van der Waals surface area contributed by atoms with Crippen LogP contribution in [0.3, 0.4) is 0 Å². The lowest BCUT2D eigenvalue weighted by Gasteiger charge is -2.13. The minimum atomic E-state index is -0.294. The van der Waals surface area contributed by atoms with Gasteiger partial charge in [0.15, 0.2) is 0 Å². The molecule has 1 aromatic rings. The predicted molar refractivity (Wildman–Crippen MR) is 65.3 cm³/mol. The Morgan fingerprint density at radius 3 is 2.44 bits per heavy atom. The summed E-state index contributed by atoms with van der Waals surface area (Å²) in [4.78, 5) is 11.4. The molecule has 0 heterocycles. The van der Waals surface area contributed by atoms with Crippen LogP contribution in [0.5, 0.6) is 0 Å². The van der Waals surface area contributed by atoms with E-state index in [4.69, 9.17) is 0 Å². The third kappa shape index (κ3) is 4.13. The van der Waals surface area contributed by atoms with Gasteiger partial charge in [0.25, 0.3) is 0 Å². The Bertz CT molecular complexity index is 369. The summed E-state index contributed by atoms with van der Waals surface area (Å²) < 4.78 is 0. The van der Waals surface area contributed by atoms with Crippen LogP contribution in [0.2, 0.25) is 0 Å². The second-order valence-electron chi connectivity index (χ2n) is 3.78. The van der Waals surface area contributed by atoms with Gasteiger partial charge >= 0.3 is 6.03 Å². The zero-order valence-electron chi connectivity index (χ0n) is 9.82. The first kappa shape index (κ1) is 12.2. The van der Waals surface area contributed by atoms with Crippen molar-refractivity contribution in [2.24, 2.45) is 5.10 Å². The molecule has 0 unspecified atom stereocenters. The standard InChI is InChI=1S/C12H17N3O/c1-9(2)14-15-12(16)13-10(3)11-7-5-4-6-8-11/h4-8,10H,1-3H3,(H2,13,15,16)/t10-/m1/s1. The fraction of sp³-hybridized carbons (Fsp3) is 0.333. The van der Waals surface area contributed by atoms with E-state index in [1.807, 2.05) is 51.1 Å². The maximum Gasteiger partial charge on any atom is 0.335 e. The highest BCUT2D eigenvalue weighted by molar-refractivity contribution is 5.81. The molecule has 0 spiro atoms. The fourth-order valence-corrected chi connectivity index (χ4v) is 1.22. The third-order valence-corrected chi connectivity index (χ3v) is 2.03. The van der Waals surface area contributed by atoms with Gasteiger partial charge in [-0.3, -0.25) is 0 Å². The van der Waals surface area contributed by atoms with Gasteiger partial charge in [-0.25, -0.2) is 10.2 Å². The van der Waals surface area contributed by atoms with Crippen LogP contribution in [-0.4, -0.2) is 11.7 Å². The molecule has 0 fully saturated rings. The van der Waals surface area contributed by atoms with E-state index in [2.05, 4.69) is 15.8 Å². The second kappa shape index (κ2) is 5.90. The summed E-state index contributed by atoms with van der Waals surface area (Å²) in [6.07, 6.45) is 0. The molecule has 4 nitrogen and oxygen atoms in total. The van der Waals surface area contributed by atoms with E-state index in [-0.39, 0.29) is 12.1 Å². The van der Waals surface area contributed by atoms with Crippen molar-refractivity contribution < 1.29 is 4.79 Å². The van der Waals surface area contributed by atoms with Crippen LogP contribution in [0.25, 0.3) is 0 Å². The Kier molecular flexibility index (Phi) is 4.51. The van der Waals surface area contributed by atoms with Gasteiger partial charge in [-0.2, -0.15) is 5.10 Å². The van der Waals surface area contributed by atoms with Gasteiger partial charge in [-0.1, -0.05) is 30.3 Å². The van der Waals surface area contributed by atoms with Gasteiger partial charge in [-0.05, 0) is 26.3 Å². The molecule has 1 aromatic carbocycles. The van der Waals surface area contributed by atoms with E-state index >= 15 is 0 Å². The van der Waals surface area contributed by atoms with Crippen molar-refractivity contribution >= 4 is 11.7 Å². The molecule has 0 aliphatic carbocycles. The highest BCUT2D eigenvalue weighted by Gasteiger charge is 2.07. The molecular formula is C12H17N3O. The van der Waals surface area contributed by atoms with Crippen molar-refractivity contribution in [2.45, 2.75) is 26.8 Å². The Labute approximate surface area is 95.7 Å². The molecule has 2 amide bonds. The van der Waals surface area contributed by atoms with Gasteiger partial charge in [0.2, 0.25) is 0 Å². The largest absolute Gasteiger partial charge is 0.335 e. The first-order valence-corrected chi connectivity index (χ1v) is 5.22. The lowest BCUT2D eigenvalue weighted by molar-refractivity contribution is 0.238. The Morgan fingerprint density at radius 1 is 1.25 bits per heavy atom. The second-order valence-corrected chi connectivity index (χ2v) is 3.78. The smallest absolute Gasteiger partial charge is 0.330 e. The van der Waals surface area contributed by atoms with E-state index in [0.29, 0.717) is 0 Å². The molecule has 0 aromatic heterocycles. The molecule has 0 bridgehead atoms. The summed E-state index contributed by atoms with van der Waals surface area (Å²) in [5.41, 5.74) is 4.29. The van der Waals surface area contributed by atoms with Crippen LogP contribution >= 0.6 is 0 Å². The van der Waals surface area contributed by atoms with Crippen LogP contribution in [0.4, 0.5) is 4.79 Å². The number of nitrogens with zero attached hydrogens (tertiary/aromatic N) is 1. The van der Waals surface area contributed by atoms with Crippen molar-refractivity contribution in [3.63, 3.8) is 0 Å². The number of amides is 2. The number of hydrazone groups is 1. The Balaban J connectivity index is 2.49. The topological polar surface area (TPSA) is 53.5 Å². The van der Waals surface area contributed by atoms with E-state index in [9.17, 15) is 4.79 Å². The monoisotopic (exact) mass is 219 g/mol. The SMILES string of the molecule is CC(C)=NNC(=O)N[C@H](C)c1ccccc1.